The van der Waals surface area contributed by atoms with Gasteiger partial charge >= 0.3 is 0 Å². The highest BCUT2D eigenvalue weighted by atomic mass is 16.5. The number of piperidine rings is 1. The zero-order chi connectivity index (χ0) is 25.0. The predicted molar refractivity (Wildman–Crippen MR) is 140 cm³/mol. The minimum absolute atomic E-state index is 0.0769. The summed E-state index contributed by atoms with van der Waals surface area (Å²) in [6.07, 6.45) is 9.81. The van der Waals surface area contributed by atoms with Crippen LogP contribution in [0.2, 0.25) is 0 Å². The van der Waals surface area contributed by atoms with E-state index in [9.17, 15) is 4.79 Å². The molecule has 1 aliphatic heterocycles. The second kappa shape index (κ2) is 10.8. The van der Waals surface area contributed by atoms with Crippen LogP contribution in [0.25, 0.3) is 0 Å². The SMILES string of the molecule is N=CN(N=N)c1ccc(OCC[C@@H]2C[C@@H]2C2CCN(C(=O)CC3(c4ccccc4)CCC3)CC2)cc1. The van der Waals surface area contributed by atoms with E-state index in [1.165, 1.54) is 23.4 Å². The third kappa shape index (κ3) is 5.30. The molecule has 0 spiro atoms. The van der Waals surface area contributed by atoms with E-state index >= 15 is 0 Å². The molecule has 0 radical (unpaired) electrons. The fourth-order valence-electron chi connectivity index (χ4n) is 6.31. The van der Waals surface area contributed by atoms with E-state index in [2.05, 4.69) is 40.5 Å². The molecule has 0 aromatic heterocycles. The Labute approximate surface area is 213 Å². The van der Waals surface area contributed by atoms with Crippen LogP contribution in [-0.4, -0.2) is 36.8 Å². The molecule has 3 aliphatic rings. The number of nitrogens with one attached hydrogen (secondary N) is 2. The highest BCUT2D eigenvalue weighted by molar-refractivity contribution is 5.78. The van der Waals surface area contributed by atoms with Crippen LogP contribution in [0.1, 0.15) is 56.9 Å². The van der Waals surface area contributed by atoms with Gasteiger partial charge in [0.25, 0.3) is 0 Å². The smallest absolute Gasteiger partial charge is 0.223 e. The number of anilines is 1. The van der Waals surface area contributed by atoms with E-state index in [1.807, 2.05) is 12.1 Å². The fourth-order valence-corrected chi connectivity index (χ4v) is 6.31. The van der Waals surface area contributed by atoms with Gasteiger partial charge in [-0.2, -0.15) is 5.53 Å². The van der Waals surface area contributed by atoms with Crippen LogP contribution in [0, 0.1) is 28.7 Å². The van der Waals surface area contributed by atoms with E-state index < -0.39 is 0 Å². The van der Waals surface area contributed by atoms with E-state index in [1.54, 1.807) is 12.1 Å². The number of ether oxygens (including phenoxy) is 1. The van der Waals surface area contributed by atoms with Gasteiger partial charge in [0, 0.05) is 24.9 Å². The number of benzene rings is 2. The minimum atomic E-state index is 0.0769. The summed E-state index contributed by atoms with van der Waals surface area (Å²) in [4.78, 5) is 15.3. The number of hydrogen-bond acceptors (Lipinski definition) is 5. The molecule has 5 rings (SSSR count). The van der Waals surface area contributed by atoms with Crippen molar-refractivity contribution in [2.45, 2.75) is 56.8 Å². The van der Waals surface area contributed by atoms with Crippen molar-refractivity contribution in [1.29, 1.82) is 10.9 Å². The molecule has 7 nitrogen and oxygen atoms in total. The largest absolute Gasteiger partial charge is 0.494 e. The molecule has 7 heteroatoms. The van der Waals surface area contributed by atoms with E-state index in [-0.39, 0.29) is 5.41 Å². The van der Waals surface area contributed by atoms with Crippen LogP contribution in [0.4, 0.5) is 5.69 Å². The number of likely N-dealkylation sites (tertiary alicyclic amines) is 1. The fraction of sp³-hybridized carbons (Fsp3) is 0.517. The molecule has 2 atom stereocenters. The summed E-state index contributed by atoms with van der Waals surface area (Å²) in [6, 6.07) is 18.0. The monoisotopic (exact) mass is 487 g/mol. The summed E-state index contributed by atoms with van der Waals surface area (Å²) in [6.45, 7) is 2.53. The maximum atomic E-state index is 13.2. The number of carbonyl (C=O) groups excluding carboxylic acids is 1. The summed E-state index contributed by atoms with van der Waals surface area (Å²) < 4.78 is 5.94. The Hall–Kier alpha value is -3.22. The Bertz CT molecular complexity index is 1040. The van der Waals surface area contributed by atoms with Crippen molar-refractivity contribution >= 4 is 17.9 Å². The molecule has 0 unspecified atom stereocenters. The van der Waals surface area contributed by atoms with Gasteiger partial charge in [-0.15, -0.1) is 0 Å². The molecule has 190 valence electrons. The van der Waals surface area contributed by atoms with Gasteiger partial charge in [-0.05, 0) is 86.1 Å². The Morgan fingerprint density at radius 3 is 2.44 bits per heavy atom. The summed E-state index contributed by atoms with van der Waals surface area (Å²) >= 11 is 0. The number of nitrogens with zero attached hydrogens (tertiary/aromatic N) is 3. The van der Waals surface area contributed by atoms with Crippen molar-refractivity contribution in [3.05, 3.63) is 60.2 Å². The molecule has 2 aromatic rings. The highest BCUT2D eigenvalue weighted by Crippen LogP contribution is 2.50. The van der Waals surface area contributed by atoms with E-state index in [0.29, 0.717) is 24.6 Å². The quantitative estimate of drug-likeness (QED) is 0.171. The molecule has 2 saturated carbocycles. The predicted octanol–water partition coefficient (Wildman–Crippen LogP) is 6.20. The molecule has 2 aliphatic carbocycles. The Morgan fingerprint density at radius 2 is 1.83 bits per heavy atom. The summed E-state index contributed by atoms with van der Waals surface area (Å²) in [5, 5.41) is 11.7. The van der Waals surface area contributed by atoms with E-state index in [0.717, 1.165) is 75.0 Å². The van der Waals surface area contributed by atoms with Crippen molar-refractivity contribution in [3.63, 3.8) is 0 Å². The van der Waals surface area contributed by atoms with E-state index in [4.69, 9.17) is 15.7 Å². The summed E-state index contributed by atoms with van der Waals surface area (Å²) in [7, 11) is 0. The number of rotatable bonds is 11. The first-order chi connectivity index (χ1) is 17.6. The van der Waals surface area contributed by atoms with Crippen LogP contribution < -0.4 is 9.75 Å². The van der Waals surface area contributed by atoms with Gasteiger partial charge in [0.15, 0.2) is 0 Å². The first-order valence-electron chi connectivity index (χ1n) is 13.4. The lowest BCUT2D eigenvalue weighted by Gasteiger charge is -2.44. The normalized spacial score (nSPS) is 22.8. The lowest BCUT2D eigenvalue weighted by atomic mass is 9.62. The maximum Gasteiger partial charge on any atom is 0.223 e. The maximum absolute atomic E-state index is 13.2. The number of amides is 1. The van der Waals surface area contributed by atoms with Gasteiger partial charge in [-0.3, -0.25) is 10.2 Å². The molecular weight excluding hydrogens is 450 g/mol. The molecule has 2 N–H and O–H groups in total. The zero-order valence-electron chi connectivity index (χ0n) is 20.9. The van der Waals surface area contributed by atoms with Crippen molar-refractivity contribution < 1.29 is 9.53 Å². The van der Waals surface area contributed by atoms with Crippen LogP contribution >= 0.6 is 0 Å². The van der Waals surface area contributed by atoms with Crippen LogP contribution in [0.15, 0.2) is 59.8 Å². The lowest BCUT2D eigenvalue weighted by molar-refractivity contribution is -0.135. The molecule has 0 bridgehead atoms. The highest BCUT2D eigenvalue weighted by Gasteiger charge is 2.45. The second-order valence-electron chi connectivity index (χ2n) is 10.8. The molecule has 1 amide bonds. The van der Waals surface area contributed by atoms with Crippen LogP contribution in [0.3, 0.4) is 0 Å². The van der Waals surface area contributed by atoms with Gasteiger partial charge in [0.2, 0.25) is 5.91 Å². The minimum Gasteiger partial charge on any atom is -0.494 e. The van der Waals surface area contributed by atoms with Crippen LogP contribution in [-0.2, 0) is 10.2 Å². The van der Waals surface area contributed by atoms with Gasteiger partial charge in [-0.1, -0.05) is 42.0 Å². The Morgan fingerprint density at radius 1 is 1.11 bits per heavy atom. The Balaban J connectivity index is 1.02. The molecule has 3 fully saturated rings. The molecule has 2 aromatic carbocycles. The van der Waals surface area contributed by atoms with Crippen molar-refractivity contribution in [2.24, 2.45) is 23.0 Å². The van der Waals surface area contributed by atoms with Crippen molar-refractivity contribution in [1.82, 2.24) is 4.90 Å². The third-order valence-electron chi connectivity index (χ3n) is 8.75. The first-order valence-corrected chi connectivity index (χ1v) is 13.4. The average Bonchev–Trinajstić information content (AvgIpc) is 3.68. The van der Waals surface area contributed by atoms with Gasteiger partial charge in [0.1, 0.15) is 12.1 Å². The summed E-state index contributed by atoms with van der Waals surface area (Å²) in [5.74, 6) is 3.42. The zero-order valence-corrected chi connectivity index (χ0v) is 20.9. The van der Waals surface area contributed by atoms with Crippen molar-refractivity contribution in [3.8, 4) is 5.75 Å². The molecule has 1 saturated heterocycles. The van der Waals surface area contributed by atoms with Crippen molar-refractivity contribution in [2.75, 3.05) is 24.7 Å². The van der Waals surface area contributed by atoms with Gasteiger partial charge in [0.05, 0.1) is 12.3 Å². The lowest BCUT2D eigenvalue weighted by Crippen LogP contribution is -2.44. The second-order valence-corrected chi connectivity index (χ2v) is 10.8. The Kier molecular flexibility index (Phi) is 7.35. The van der Waals surface area contributed by atoms with Gasteiger partial charge < -0.3 is 9.64 Å². The topological polar surface area (TPSA) is 92.8 Å². The standard InChI is InChI=1S/C29H37N5O2/c30-21-34(32-31)25-7-9-26(10-8-25)36-18-13-23-19-27(23)22-11-16-33(17-12-22)28(35)20-29(14-4-15-29)24-5-2-1-3-6-24/h1-3,5-10,21-23,27,30-31H,4,11-20H2/t23-,27-/m1/s1. The molecular formula is C29H37N5O2. The van der Waals surface area contributed by atoms with Crippen LogP contribution in [0.5, 0.6) is 5.75 Å². The number of hydrogen-bond donors (Lipinski definition) is 2. The summed E-state index contributed by atoms with van der Waals surface area (Å²) in [5.41, 5.74) is 9.17. The first kappa shape index (κ1) is 24.5. The third-order valence-corrected chi connectivity index (χ3v) is 8.75. The number of carbonyl (C=O) groups is 1. The molecule has 1 heterocycles. The average molecular weight is 488 g/mol. The van der Waals surface area contributed by atoms with Gasteiger partial charge in [-0.25, -0.2) is 5.01 Å². The molecule has 36 heavy (non-hydrogen) atoms.